The monoisotopic (exact) mass is 301 g/mol. The average Bonchev–Trinajstić information content (AvgIpc) is 2.91. The minimum absolute atomic E-state index is 0.225. The summed E-state index contributed by atoms with van der Waals surface area (Å²) in [6, 6.07) is 5.43. The van der Waals surface area contributed by atoms with E-state index in [1.165, 1.54) is 6.07 Å². The molecule has 5 heteroatoms. The van der Waals surface area contributed by atoms with E-state index < -0.39 is 11.7 Å². The first-order chi connectivity index (χ1) is 9.93. The number of hydrogen-bond acceptors (Lipinski definition) is 2. The number of alkyl halides is 3. The van der Waals surface area contributed by atoms with Gasteiger partial charge in [0.25, 0.3) is 0 Å². The summed E-state index contributed by atoms with van der Waals surface area (Å²) in [6.07, 6.45) is -2.17. The Morgan fingerprint density at radius 2 is 2.05 bits per heavy atom. The van der Waals surface area contributed by atoms with Crippen LogP contribution in [0.2, 0.25) is 0 Å². The van der Waals surface area contributed by atoms with Crippen molar-refractivity contribution in [3.63, 3.8) is 0 Å². The molecule has 3 atom stereocenters. The number of rotatable bonds is 5. The van der Waals surface area contributed by atoms with E-state index in [9.17, 15) is 13.2 Å². The molecule has 0 spiro atoms. The van der Waals surface area contributed by atoms with Crippen LogP contribution in [0.25, 0.3) is 0 Å². The molecule has 0 aromatic heterocycles. The molecule has 0 bridgehead atoms. The highest BCUT2D eigenvalue weighted by Crippen LogP contribution is 2.34. The van der Waals surface area contributed by atoms with Gasteiger partial charge in [0, 0.05) is 19.2 Å². The molecule has 0 radical (unpaired) electrons. The zero-order chi connectivity index (χ0) is 15.5. The van der Waals surface area contributed by atoms with Crippen LogP contribution in [-0.2, 0) is 10.9 Å². The van der Waals surface area contributed by atoms with Crippen LogP contribution in [0, 0.1) is 5.92 Å². The third-order valence-corrected chi connectivity index (χ3v) is 4.17. The fourth-order valence-electron chi connectivity index (χ4n) is 2.95. The molecule has 1 aromatic rings. The fraction of sp³-hybridized carbons (Fsp3) is 0.625. The lowest BCUT2D eigenvalue weighted by Crippen LogP contribution is -2.31. The maximum atomic E-state index is 13.0. The van der Waals surface area contributed by atoms with E-state index in [-0.39, 0.29) is 12.1 Å². The Hall–Kier alpha value is -1.07. The number of hydrogen-bond donors (Lipinski definition) is 1. The maximum Gasteiger partial charge on any atom is 0.416 e. The van der Waals surface area contributed by atoms with Crippen LogP contribution < -0.4 is 5.32 Å². The molecule has 0 saturated carbocycles. The molecular formula is C16H22F3NO. The van der Waals surface area contributed by atoms with Crippen LogP contribution in [0.15, 0.2) is 24.3 Å². The Bertz CT molecular complexity index is 461. The lowest BCUT2D eigenvalue weighted by molar-refractivity contribution is -0.138. The second-order valence-corrected chi connectivity index (χ2v) is 5.58. The Labute approximate surface area is 123 Å². The van der Waals surface area contributed by atoms with E-state index >= 15 is 0 Å². The van der Waals surface area contributed by atoms with Crippen LogP contribution in [0.3, 0.4) is 0 Å². The predicted molar refractivity (Wildman–Crippen MR) is 76.0 cm³/mol. The Kier molecular flexibility index (Phi) is 5.27. The number of halogens is 3. The molecule has 1 saturated heterocycles. The molecule has 1 N–H and O–H groups in total. The van der Waals surface area contributed by atoms with E-state index in [0.29, 0.717) is 18.0 Å². The fourth-order valence-corrected chi connectivity index (χ4v) is 2.95. The summed E-state index contributed by atoms with van der Waals surface area (Å²) >= 11 is 0. The normalized spacial score (nSPS) is 24.2. The van der Waals surface area contributed by atoms with E-state index in [1.54, 1.807) is 19.1 Å². The molecule has 1 aromatic carbocycles. The average molecular weight is 301 g/mol. The van der Waals surface area contributed by atoms with Gasteiger partial charge >= 0.3 is 6.18 Å². The molecule has 1 aliphatic heterocycles. The van der Waals surface area contributed by atoms with Crippen LogP contribution in [-0.4, -0.2) is 19.3 Å². The van der Waals surface area contributed by atoms with Gasteiger partial charge in [-0.1, -0.05) is 25.1 Å². The number of ether oxygens (including phenoxy) is 1. The van der Waals surface area contributed by atoms with E-state index in [4.69, 9.17) is 4.74 Å². The summed E-state index contributed by atoms with van der Waals surface area (Å²) in [7, 11) is 0. The first-order valence-corrected chi connectivity index (χ1v) is 7.44. The van der Waals surface area contributed by atoms with Crippen molar-refractivity contribution in [2.45, 2.75) is 45.0 Å². The Morgan fingerprint density at radius 3 is 2.71 bits per heavy atom. The number of nitrogens with one attached hydrogen (secondary N) is 1. The first kappa shape index (κ1) is 16.3. The van der Waals surface area contributed by atoms with Gasteiger partial charge in [-0.2, -0.15) is 13.2 Å². The standard InChI is InChI=1S/C16H22F3NO/c1-3-15-12(8-9-21-15)10-20-11(2)13-6-4-5-7-14(13)16(17,18)19/h4-7,11-12,15,20H,3,8-10H2,1-2H3. The van der Waals surface area contributed by atoms with Crippen molar-refractivity contribution in [3.05, 3.63) is 35.4 Å². The van der Waals surface area contributed by atoms with Crippen molar-refractivity contribution >= 4 is 0 Å². The van der Waals surface area contributed by atoms with Gasteiger partial charge in [0.1, 0.15) is 0 Å². The molecule has 0 amide bonds. The molecule has 21 heavy (non-hydrogen) atoms. The maximum absolute atomic E-state index is 13.0. The van der Waals surface area contributed by atoms with Gasteiger partial charge in [-0.25, -0.2) is 0 Å². The van der Waals surface area contributed by atoms with Gasteiger partial charge in [0.15, 0.2) is 0 Å². The second kappa shape index (κ2) is 6.79. The zero-order valence-electron chi connectivity index (χ0n) is 12.4. The van der Waals surface area contributed by atoms with Crippen molar-refractivity contribution in [1.29, 1.82) is 0 Å². The van der Waals surface area contributed by atoms with Crippen LogP contribution in [0.4, 0.5) is 13.2 Å². The first-order valence-electron chi connectivity index (χ1n) is 7.44. The van der Waals surface area contributed by atoms with E-state index in [1.807, 2.05) is 0 Å². The largest absolute Gasteiger partial charge is 0.416 e. The van der Waals surface area contributed by atoms with Crippen LogP contribution >= 0.6 is 0 Å². The summed E-state index contributed by atoms with van der Waals surface area (Å²) < 4.78 is 44.7. The predicted octanol–water partition coefficient (Wildman–Crippen LogP) is 4.17. The zero-order valence-corrected chi connectivity index (χ0v) is 12.4. The molecule has 2 nitrogen and oxygen atoms in total. The molecule has 3 unspecified atom stereocenters. The topological polar surface area (TPSA) is 21.3 Å². The van der Waals surface area contributed by atoms with Crippen molar-refractivity contribution in [3.8, 4) is 0 Å². The Balaban J connectivity index is 2.02. The van der Waals surface area contributed by atoms with Crippen molar-refractivity contribution in [2.75, 3.05) is 13.2 Å². The molecule has 1 fully saturated rings. The number of benzene rings is 1. The highest BCUT2D eigenvalue weighted by molar-refractivity contribution is 5.32. The van der Waals surface area contributed by atoms with Gasteiger partial charge < -0.3 is 10.1 Å². The molecule has 1 aliphatic rings. The van der Waals surface area contributed by atoms with Gasteiger partial charge in [0.05, 0.1) is 11.7 Å². The minimum atomic E-state index is -4.31. The van der Waals surface area contributed by atoms with E-state index in [2.05, 4.69) is 12.2 Å². The Morgan fingerprint density at radius 1 is 1.33 bits per heavy atom. The third-order valence-electron chi connectivity index (χ3n) is 4.17. The van der Waals surface area contributed by atoms with Gasteiger partial charge in [-0.15, -0.1) is 0 Å². The second-order valence-electron chi connectivity index (χ2n) is 5.58. The lowest BCUT2D eigenvalue weighted by atomic mass is 9.97. The van der Waals surface area contributed by atoms with Crippen molar-refractivity contribution in [2.24, 2.45) is 5.92 Å². The lowest BCUT2D eigenvalue weighted by Gasteiger charge is -2.23. The summed E-state index contributed by atoms with van der Waals surface area (Å²) in [5, 5.41) is 3.24. The van der Waals surface area contributed by atoms with Gasteiger partial charge in [-0.3, -0.25) is 0 Å². The molecular weight excluding hydrogens is 279 g/mol. The van der Waals surface area contributed by atoms with Crippen molar-refractivity contribution < 1.29 is 17.9 Å². The molecule has 2 rings (SSSR count). The molecule has 118 valence electrons. The molecule has 1 heterocycles. The quantitative estimate of drug-likeness (QED) is 0.881. The van der Waals surface area contributed by atoms with Crippen LogP contribution in [0.1, 0.15) is 43.9 Å². The SMILES string of the molecule is CCC1OCCC1CNC(C)c1ccccc1C(F)(F)F. The minimum Gasteiger partial charge on any atom is -0.378 e. The summed E-state index contributed by atoms with van der Waals surface area (Å²) in [5.41, 5.74) is -0.253. The highest BCUT2D eigenvalue weighted by Gasteiger charge is 2.34. The summed E-state index contributed by atoms with van der Waals surface area (Å²) in [4.78, 5) is 0. The summed E-state index contributed by atoms with van der Waals surface area (Å²) in [5.74, 6) is 0.385. The third kappa shape index (κ3) is 3.98. The van der Waals surface area contributed by atoms with Gasteiger partial charge in [0.2, 0.25) is 0 Å². The van der Waals surface area contributed by atoms with Crippen LogP contribution in [0.5, 0.6) is 0 Å². The molecule has 0 aliphatic carbocycles. The highest BCUT2D eigenvalue weighted by atomic mass is 19.4. The van der Waals surface area contributed by atoms with Gasteiger partial charge in [-0.05, 0) is 37.3 Å². The smallest absolute Gasteiger partial charge is 0.378 e. The van der Waals surface area contributed by atoms with E-state index in [0.717, 1.165) is 25.5 Å². The summed E-state index contributed by atoms with van der Waals surface area (Å²) in [6.45, 7) is 5.29. The van der Waals surface area contributed by atoms with Crippen molar-refractivity contribution in [1.82, 2.24) is 5.32 Å².